The van der Waals surface area contributed by atoms with Gasteiger partial charge in [-0.15, -0.1) is 0 Å². The van der Waals surface area contributed by atoms with Crippen LogP contribution in [0.3, 0.4) is 0 Å². The molecule has 7 nitrogen and oxygen atoms in total. The first-order chi connectivity index (χ1) is 13.1. The Morgan fingerprint density at radius 2 is 1.66 bits per heavy atom. The molecule has 3 heterocycles. The molecule has 9 heteroatoms. The van der Waals surface area contributed by atoms with Gasteiger partial charge in [-0.3, -0.25) is 9.20 Å². The molecule has 2 aromatic rings. The molecule has 0 spiro atoms. The Kier molecular flexibility index (Phi) is 7.39. The van der Waals surface area contributed by atoms with Crippen molar-refractivity contribution in [3.8, 4) is 0 Å². The first-order valence-corrected chi connectivity index (χ1v) is 11.0. The minimum Gasteiger partial charge on any atom is -0.744 e. The van der Waals surface area contributed by atoms with Crippen molar-refractivity contribution in [1.82, 2.24) is 8.97 Å². The van der Waals surface area contributed by atoms with Crippen LogP contribution in [0.2, 0.25) is 0 Å². The third kappa shape index (κ3) is 4.05. The van der Waals surface area contributed by atoms with Crippen LogP contribution in [-0.2, 0) is 10.1 Å². The van der Waals surface area contributed by atoms with Crippen molar-refractivity contribution in [1.29, 1.82) is 0 Å². The molecule has 0 aliphatic carbocycles. The van der Waals surface area contributed by atoms with Crippen LogP contribution in [0.25, 0.3) is 11.1 Å². The van der Waals surface area contributed by atoms with E-state index in [0.29, 0.717) is 23.2 Å². The Labute approximate surface area is 192 Å². The third-order valence-electron chi connectivity index (χ3n) is 5.59. The molecule has 0 radical (unpaired) electrons. The summed E-state index contributed by atoms with van der Waals surface area (Å²) in [5, 5.41) is 0. The average molecular weight is 428 g/mol. The van der Waals surface area contributed by atoms with E-state index in [1.807, 2.05) is 0 Å². The molecule has 0 bridgehead atoms. The molecule has 0 saturated heterocycles. The van der Waals surface area contributed by atoms with E-state index < -0.39 is 15.8 Å². The Hall–Kier alpha value is -1.19. The smallest absolute Gasteiger partial charge is 0.744 e. The van der Waals surface area contributed by atoms with E-state index in [4.69, 9.17) is 0 Å². The van der Waals surface area contributed by atoms with E-state index in [-0.39, 0.29) is 51.6 Å². The van der Waals surface area contributed by atoms with E-state index in [0.717, 1.165) is 40.2 Å². The molecule has 152 valence electrons. The zero-order valence-corrected chi connectivity index (χ0v) is 20.5. The monoisotopic (exact) mass is 428 g/mol. The van der Waals surface area contributed by atoms with Crippen LogP contribution in [0.1, 0.15) is 74.1 Å². The van der Waals surface area contributed by atoms with E-state index in [1.165, 1.54) is 20.3 Å². The maximum atomic E-state index is 13.0. The van der Waals surface area contributed by atoms with E-state index in [9.17, 15) is 22.6 Å². The first kappa shape index (κ1) is 24.1. The van der Waals surface area contributed by atoms with Gasteiger partial charge in [0.05, 0.1) is 16.1 Å². The van der Waals surface area contributed by atoms with E-state index in [2.05, 4.69) is 6.92 Å². The largest absolute Gasteiger partial charge is 1.00 e. The van der Waals surface area contributed by atoms with Crippen molar-refractivity contribution < 1.29 is 47.3 Å². The topological polar surface area (TPSA) is 101 Å². The number of carbonyl (C=O) groups is 1. The van der Waals surface area contributed by atoms with Crippen molar-refractivity contribution in [2.24, 2.45) is 0 Å². The zero-order valence-electron chi connectivity index (χ0n) is 17.7. The van der Waals surface area contributed by atoms with Crippen LogP contribution in [0.4, 0.5) is 0 Å². The number of carbonyl (C=O) groups excluding carboxylic acids is 1. The molecule has 3 rings (SSSR count). The normalized spacial score (nSPS) is 13.9. The number of aryl methyl sites for hydroxylation is 2. The molecular weight excluding hydrogens is 403 g/mol. The average Bonchev–Trinajstić information content (AvgIpc) is 3.00. The van der Waals surface area contributed by atoms with Crippen LogP contribution in [0.5, 0.6) is 0 Å². The molecule has 0 fully saturated rings. The van der Waals surface area contributed by atoms with Crippen molar-refractivity contribution in [2.45, 2.75) is 71.1 Å². The SMILES string of the molecule is CCCCCCCC1=C(C)C(=O)n2c1cc1c(C)c(S(=O)(=O)[O-])c(C)n1c2=O.[Na+]. The number of aromatic nitrogens is 2. The van der Waals surface area contributed by atoms with Gasteiger partial charge in [0.15, 0.2) is 0 Å². The number of allylic oxidation sites excluding steroid dienone is 2. The standard InChI is InChI=1S/C20H26N2O5S.Na/c1-5-6-7-8-9-10-15-12(2)19(23)22-17(15)11-16-13(3)18(28(25,26)27)14(4)21(16)20(22)24;/h11H,5-10H2,1-4H3,(H,25,26,27);/q;+1/p-1. The summed E-state index contributed by atoms with van der Waals surface area (Å²) in [6, 6.07) is 1.66. The second kappa shape index (κ2) is 8.89. The molecule has 0 unspecified atom stereocenters. The second-order valence-electron chi connectivity index (χ2n) is 7.43. The predicted octanol–water partition coefficient (Wildman–Crippen LogP) is 0.414. The molecule has 0 amide bonds. The van der Waals surface area contributed by atoms with Crippen molar-refractivity contribution in [3.05, 3.63) is 39.1 Å². The van der Waals surface area contributed by atoms with Gasteiger partial charge in [0.2, 0.25) is 0 Å². The maximum absolute atomic E-state index is 13.0. The summed E-state index contributed by atoms with van der Waals surface area (Å²) in [5.74, 6) is -0.386. The second-order valence-corrected chi connectivity index (χ2v) is 8.75. The molecule has 0 aromatic carbocycles. The molecule has 2 aromatic heterocycles. The Morgan fingerprint density at radius 3 is 2.24 bits per heavy atom. The zero-order chi connectivity index (χ0) is 20.8. The quantitative estimate of drug-likeness (QED) is 0.361. The summed E-state index contributed by atoms with van der Waals surface area (Å²) in [6.45, 7) is 6.79. The maximum Gasteiger partial charge on any atom is 1.00 e. The molecule has 0 atom stereocenters. The van der Waals surface area contributed by atoms with Gasteiger partial charge >= 0.3 is 35.2 Å². The number of unbranched alkanes of at least 4 members (excludes halogenated alkanes) is 4. The fraction of sp³-hybridized carbons (Fsp3) is 0.500. The number of nitrogens with zero attached hydrogens (tertiary/aromatic N) is 2. The Morgan fingerprint density at radius 1 is 1.03 bits per heavy atom. The summed E-state index contributed by atoms with van der Waals surface area (Å²) >= 11 is 0. The van der Waals surface area contributed by atoms with Crippen molar-refractivity contribution in [2.75, 3.05) is 0 Å². The summed E-state index contributed by atoms with van der Waals surface area (Å²) in [4.78, 5) is 25.4. The summed E-state index contributed by atoms with van der Waals surface area (Å²) in [7, 11) is -4.73. The van der Waals surface area contributed by atoms with Crippen LogP contribution < -0.4 is 35.2 Å². The Balaban J connectivity index is 0.00000300. The summed E-state index contributed by atoms with van der Waals surface area (Å²) < 4.78 is 37.2. The van der Waals surface area contributed by atoms with Gasteiger partial charge in [0, 0.05) is 11.3 Å². The van der Waals surface area contributed by atoms with E-state index in [1.54, 1.807) is 13.0 Å². The predicted molar refractivity (Wildman–Crippen MR) is 106 cm³/mol. The van der Waals surface area contributed by atoms with E-state index >= 15 is 0 Å². The number of fused-ring (bicyclic) bond motifs is 2. The third-order valence-corrected chi connectivity index (χ3v) is 6.69. The van der Waals surface area contributed by atoms with Gasteiger partial charge < -0.3 is 4.55 Å². The molecule has 0 N–H and O–H groups in total. The van der Waals surface area contributed by atoms with Gasteiger partial charge in [-0.2, -0.15) is 0 Å². The molecule has 1 aliphatic heterocycles. The fourth-order valence-corrected chi connectivity index (χ4v) is 5.08. The minimum absolute atomic E-state index is 0. The molecule has 29 heavy (non-hydrogen) atoms. The molecular formula is C20H25N2NaO5S. The molecule has 1 aliphatic rings. The fourth-order valence-electron chi connectivity index (χ4n) is 4.15. The number of rotatable bonds is 7. The first-order valence-electron chi connectivity index (χ1n) is 9.59. The van der Waals surface area contributed by atoms with Crippen LogP contribution in [0.15, 0.2) is 21.3 Å². The number of hydrogen-bond acceptors (Lipinski definition) is 5. The van der Waals surface area contributed by atoms with Gasteiger partial charge in [0.1, 0.15) is 10.1 Å². The Bertz CT molecular complexity index is 1170. The minimum atomic E-state index is -4.73. The van der Waals surface area contributed by atoms with Crippen LogP contribution in [0, 0.1) is 13.8 Å². The molecule has 0 saturated carbocycles. The van der Waals surface area contributed by atoms with Gasteiger partial charge in [-0.05, 0) is 50.8 Å². The number of hydrogen-bond donors (Lipinski definition) is 0. The van der Waals surface area contributed by atoms with Crippen molar-refractivity contribution >= 4 is 27.1 Å². The summed E-state index contributed by atoms with van der Waals surface area (Å²) in [5.41, 5.74) is 1.89. The van der Waals surface area contributed by atoms with Crippen molar-refractivity contribution in [3.63, 3.8) is 0 Å². The van der Waals surface area contributed by atoms with Gasteiger partial charge in [-0.1, -0.05) is 32.6 Å². The van der Waals surface area contributed by atoms with Gasteiger partial charge in [-0.25, -0.2) is 17.8 Å². The van der Waals surface area contributed by atoms with Gasteiger partial charge in [0.25, 0.3) is 5.91 Å². The van der Waals surface area contributed by atoms with Crippen LogP contribution >= 0.6 is 0 Å². The summed E-state index contributed by atoms with van der Waals surface area (Å²) in [6.07, 6.45) is 6.09. The van der Waals surface area contributed by atoms with Crippen LogP contribution in [-0.4, -0.2) is 27.8 Å².